The summed E-state index contributed by atoms with van der Waals surface area (Å²) in [6.07, 6.45) is 0.118. The van der Waals surface area contributed by atoms with Gasteiger partial charge in [-0.1, -0.05) is 11.6 Å². The van der Waals surface area contributed by atoms with Crippen molar-refractivity contribution in [3.63, 3.8) is 0 Å². The number of ether oxygens (including phenoxy) is 2. The standard InChI is InChI=1S/C14H17ClFNO4/c1-3-20-14(19)6-7-17(2)13(18)9-21-12-5-4-10(16)8-11(12)15/h4-5,8H,3,6-7,9H2,1-2H3. The number of rotatable bonds is 7. The van der Waals surface area contributed by atoms with Crippen LogP contribution in [0.5, 0.6) is 5.75 Å². The van der Waals surface area contributed by atoms with E-state index in [1.54, 1.807) is 14.0 Å². The zero-order chi connectivity index (χ0) is 15.8. The van der Waals surface area contributed by atoms with Gasteiger partial charge >= 0.3 is 5.97 Å². The Morgan fingerprint density at radius 2 is 2.10 bits per heavy atom. The second-order valence-corrected chi connectivity index (χ2v) is 4.64. The molecule has 0 atom stereocenters. The van der Waals surface area contributed by atoms with Crippen molar-refractivity contribution in [3.05, 3.63) is 29.0 Å². The third-order valence-electron chi connectivity index (χ3n) is 2.63. The van der Waals surface area contributed by atoms with E-state index in [0.29, 0.717) is 6.61 Å². The topological polar surface area (TPSA) is 55.8 Å². The highest BCUT2D eigenvalue weighted by Gasteiger charge is 2.13. The van der Waals surface area contributed by atoms with Gasteiger partial charge < -0.3 is 14.4 Å². The molecule has 1 aromatic rings. The molecule has 0 aliphatic heterocycles. The Kier molecular flexibility index (Phi) is 6.94. The van der Waals surface area contributed by atoms with Crippen LogP contribution in [0.15, 0.2) is 18.2 Å². The highest BCUT2D eigenvalue weighted by atomic mass is 35.5. The number of amides is 1. The van der Waals surface area contributed by atoms with Crippen LogP contribution in [0.25, 0.3) is 0 Å². The van der Waals surface area contributed by atoms with Crippen LogP contribution in [0, 0.1) is 5.82 Å². The third kappa shape index (κ3) is 5.99. The van der Waals surface area contributed by atoms with Crippen LogP contribution >= 0.6 is 11.6 Å². The first kappa shape index (κ1) is 17.2. The van der Waals surface area contributed by atoms with E-state index in [2.05, 4.69) is 0 Å². The Balaban J connectivity index is 2.40. The zero-order valence-corrected chi connectivity index (χ0v) is 12.7. The van der Waals surface area contributed by atoms with Gasteiger partial charge in [0.2, 0.25) is 0 Å². The van der Waals surface area contributed by atoms with Crippen molar-refractivity contribution in [1.29, 1.82) is 0 Å². The Hall–Kier alpha value is -1.82. The van der Waals surface area contributed by atoms with Crippen molar-refractivity contribution < 1.29 is 23.5 Å². The molecule has 21 heavy (non-hydrogen) atoms. The first-order valence-corrected chi connectivity index (χ1v) is 6.79. The normalized spacial score (nSPS) is 10.1. The van der Waals surface area contributed by atoms with Crippen LogP contribution in [0.2, 0.25) is 5.02 Å². The van der Waals surface area contributed by atoms with E-state index in [0.717, 1.165) is 6.07 Å². The number of benzene rings is 1. The lowest BCUT2D eigenvalue weighted by atomic mass is 10.3. The summed E-state index contributed by atoms with van der Waals surface area (Å²) in [5.41, 5.74) is 0. The van der Waals surface area contributed by atoms with Crippen LogP contribution in [-0.4, -0.2) is 43.6 Å². The molecule has 0 fully saturated rings. The first-order chi connectivity index (χ1) is 9.93. The number of carbonyl (C=O) groups excluding carboxylic acids is 2. The molecule has 0 spiro atoms. The maximum Gasteiger partial charge on any atom is 0.307 e. The van der Waals surface area contributed by atoms with Crippen molar-refractivity contribution in [2.45, 2.75) is 13.3 Å². The van der Waals surface area contributed by atoms with Gasteiger partial charge in [-0.15, -0.1) is 0 Å². The minimum absolute atomic E-state index is 0.0944. The number of carbonyl (C=O) groups is 2. The van der Waals surface area contributed by atoms with Gasteiger partial charge in [-0.2, -0.15) is 0 Å². The van der Waals surface area contributed by atoms with Crippen molar-refractivity contribution >= 4 is 23.5 Å². The van der Waals surface area contributed by atoms with Crippen LogP contribution < -0.4 is 4.74 Å². The number of esters is 1. The summed E-state index contributed by atoms with van der Waals surface area (Å²) in [5, 5.41) is 0.0944. The minimum Gasteiger partial charge on any atom is -0.482 e. The molecule has 1 aromatic carbocycles. The molecule has 1 amide bonds. The molecule has 0 heterocycles. The van der Waals surface area contributed by atoms with E-state index in [-0.39, 0.29) is 42.2 Å². The second-order valence-electron chi connectivity index (χ2n) is 4.23. The van der Waals surface area contributed by atoms with Crippen molar-refractivity contribution in [2.75, 3.05) is 26.8 Å². The third-order valence-corrected chi connectivity index (χ3v) is 2.92. The number of hydrogen-bond donors (Lipinski definition) is 0. The number of nitrogens with zero attached hydrogens (tertiary/aromatic N) is 1. The maximum absolute atomic E-state index is 12.9. The van der Waals surface area contributed by atoms with Crippen LogP contribution in [-0.2, 0) is 14.3 Å². The lowest BCUT2D eigenvalue weighted by Gasteiger charge is -2.17. The van der Waals surface area contributed by atoms with E-state index in [4.69, 9.17) is 21.1 Å². The fourth-order valence-electron chi connectivity index (χ4n) is 1.46. The molecule has 0 aliphatic carbocycles. The molecular weight excluding hydrogens is 301 g/mol. The average molecular weight is 318 g/mol. The molecule has 0 bridgehead atoms. The van der Waals surface area contributed by atoms with Crippen LogP contribution in [0.1, 0.15) is 13.3 Å². The molecule has 0 saturated carbocycles. The second kappa shape index (κ2) is 8.46. The smallest absolute Gasteiger partial charge is 0.307 e. The molecule has 0 radical (unpaired) electrons. The monoisotopic (exact) mass is 317 g/mol. The average Bonchev–Trinajstić information content (AvgIpc) is 2.43. The van der Waals surface area contributed by atoms with Crippen molar-refractivity contribution in [3.8, 4) is 5.75 Å². The molecule has 116 valence electrons. The first-order valence-electron chi connectivity index (χ1n) is 6.41. The summed E-state index contributed by atoms with van der Waals surface area (Å²) in [6, 6.07) is 3.64. The summed E-state index contributed by atoms with van der Waals surface area (Å²) in [6.45, 7) is 2.01. The fourth-order valence-corrected chi connectivity index (χ4v) is 1.68. The van der Waals surface area contributed by atoms with Gasteiger partial charge in [-0.25, -0.2) is 4.39 Å². The number of hydrogen-bond acceptors (Lipinski definition) is 4. The van der Waals surface area contributed by atoms with Crippen LogP contribution in [0.4, 0.5) is 4.39 Å². The number of halogens is 2. The fraction of sp³-hybridized carbons (Fsp3) is 0.429. The summed E-state index contributed by atoms with van der Waals surface area (Å²) in [4.78, 5) is 24.3. The molecule has 0 unspecified atom stereocenters. The van der Waals surface area contributed by atoms with Crippen molar-refractivity contribution in [1.82, 2.24) is 4.90 Å². The van der Waals surface area contributed by atoms with Gasteiger partial charge in [0, 0.05) is 13.6 Å². The molecule has 7 heteroatoms. The molecule has 0 aliphatic rings. The van der Waals surface area contributed by atoms with E-state index in [1.165, 1.54) is 17.0 Å². The summed E-state index contributed by atoms with van der Waals surface area (Å²) in [5.74, 6) is -0.935. The van der Waals surface area contributed by atoms with Gasteiger partial charge in [0.1, 0.15) is 11.6 Å². The Morgan fingerprint density at radius 1 is 1.38 bits per heavy atom. The summed E-state index contributed by atoms with van der Waals surface area (Å²) >= 11 is 5.78. The van der Waals surface area contributed by atoms with Crippen molar-refractivity contribution in [2.24, 2.45) is 0 Å². The molecule has 5 nitrogen and oxygen atoms in total. The Morgan fingerprint density at radius 3 is 2.71 bits per heavy atom. The summed E-state index contributed by atoms with van der Waals surface area (Å²) < 4.78 is 22.8. The van der Waals surface area contributed by atoms with Gasteiger partial charge in [-0.3, -0.25) is 9.59 Å². The SMILES string of the molecule is CCOC(=O)CCN(C)C(=O)COc1ccc(F)cc1Cl. The number of likely N-dealkylation sites (N-methyl/N-ethyl adjacent to an activating group) is 1. The minimum atomic E-state index is -0.481. The largest absolute Gasteiger partial charge is 0.482 e. The van der Waals surface area contributed by atoms with Gasteiger partial charge in [0.25, 0.3) is 5.91 Å². The zero-order valence-electron chi connectivity index (χ0n) is 11.9. The van der Waals surface area contributed by atoms with E-state index in [9.17, 15) is 14.0 Å². The molecule has 0 N–H and O–H groups in total. The van der Waals surface area contributed by atoms with Crippen LogP contribution in [0.3, 0.4) is 0 Å². The Bertz CT molecular complexity index is 510. The molecule has 0 saturated heterocycles. The molecule has 1 rings (SSSR count). The lowest BCUT2D eigenvalue weighted by Crippen LogP contribution is -2.33. The van der Waals surface area contributed by atoms with E-state index >= 15 is 0 Å². The lowest BCUT2D eigenvalue weighted by molar-refractivity contribution is -0.144. The molecule has 0 aromatic heterocycles. The van der Waals surface area contributed by atoms with Gasteiger partial charge in [0.05, 0.1) is 18.1 Å². The maximum atomic E-state index is 12.9. The quantitative estimate of drug-likeness (QED) is 0.724. The van der Waals surface area contributed by atoms with Gasteiger partial charge in [0.15, 0.2) is 6.61 Å². The van der Waals surface area contributed by atoms with E-state index < -0.39 is 5.82 Å². The van der Waals surface area contributed by atoms with Gasteiger partial charge in [-0.05, 0) is 25.1 Å². The summed E-state index contributed by atoms with van der Waals surface area (Å²) in [7, 11) is 1.55. The predicted molar refractivity (Wildman–Crippen MR) is 75.8 cm³/mol. The van der Waals surface area contributed by atoms with E-state index in [1.807, 2.05) is 0 Å². The Labute approximate surface area is 127 Å². The molecular formula is C14H17ClFNO4. The highest BCUT2D eigenvalue weighted by Crippen LogP contribution is 2.24. The highest BCUT2D eigenvalue weighted by molar-refractivity contribution is 6.32. The predicted octanol–water partition coefficient (Wildman–Crippen LogP) is 2.27.